The molecule has 0 atom stereocenters. The van der Waals surface area contributed by atoms with Crippen molar-refractivity contribution < 1.29 is 13.8 Å². The molecule has 22 heavy (non-hydrogen) atoms. The van der Waals surface area contributed by atoms with Gasteiger partial charge in [0.25, 0.3) is 0 Å². The lowest BCUT2D eigenvalue weighted by Gasteiger charge is -2.16. The maximum atomic E-state index is 11.7. The molecule has 0 radical (unpaired) electrons. The fourth-order valence-corrected chi connectivity index (χ4v) is 4.11. The smallest absolute Gasteiger partial charge is 0.248 e. The number of benzene rings is 1. The first-order valence-corrected chi connectivity index (χ1v) is 10.9. The van der Waals surface area contributed by atoms with Crippen molar-refractivity contribution in [2.75, 3.05) is 25.3 Å². The normalized spacial score (nSPS) is 10.9. The second-order valence-electron chi connectivity index (χ2n) is 3.72. The Morgan fingerprint density at radius 1 is 1.27 bits per heavy atom. The average molecular weight is 400 g/mol. The van der Waals surface area contributed by atoms with Gasteiger partial charge in [-0.3, -0.25) is 15.6 Å². The van der Waals surface area contributed by atoms with Crippen LogP contribution in [0.2, 0.25) is 5.02 Å². The van der Waals surface area contributed by atoms with Crippen molar-refractivity contribution in [3.05, 3.63) is 29.3 Å². The van der Waals surface area contributed by atoms with E-state index < -0.39 is 5.69 Å². The molecule has 0 saturated heterocycles. The molecule has 0 aliphatic carbocycles. The summed E-state index contributed by atoms with van der Waals surface area (Å²) in [4.78, 5) is 11.7. The van der Waals surface area contributed by atoms with Gasteiger partial charge in [0.1, 0.15) is 0 Å². The lowest BCUT2D eigenvalue weighted by Crippen LogP contribution is -2.44. The fourth-order valence-electron chi connectivity index (χ4n) is 1.18. The molecule has 0 unspecified atom stereocenters. The standard InChI is InChI=1S/C11H15ClN3O3PS3/c1-17-19(21,18-2)22-7-10(16)14-15-11(20)13-9-5-3-8(12)4-6-9/h3-6H,7H2,1-2H3,(H,14,16)(H2,13,15,20). The number of anilines is 1. The van der Waals surface area contributed by atoms with E-state index in [2.05, 4.69) is 16.2 Å². The third-order valence-corrected chi connectivity index (χ3v) is 8.35. The molecule has 3 N–H and O–H groups in total. The molecular formula is C11H15ClN3O3PS3. The van der Waals surface area contributed by atoms with Crippen LogP contribution in [-0.4, -0.2) is 31.0 Å². The molecular weight excluding hydrogens is 385 g/mol. The molecule has 0 fully saturated rings. The summed E-state index contributed by atoms with van der Waals surface area (Å²) in [7, 11) is 2.91. The van der Waals surface area contributed by atoms with Gasteiger partial charge >= 0.3 is 0 Å². The molecule has 0 bridgehead atoms. The summed E-state index contributed by atoms with van der Waals surface area (Å²) >= 11 is 17.1. The van der Waals surface area contributed by atoms with Crippen LogP contribution in [0, 0.1) is 0 Å². The minimum Gasteiger partial charge on any atom is -0.331 e. The van der Waals surface area contributed by atoms with Crippen LogP contribution in [0.5, 0.6) is 0 Å². The molecule has 0 aliphatic rings. The summed E-state index contributed by atoms with van der Waals surface area (Å²) in [5.74, 6) is -0.205. The van der Waals surface area contributed by atoms with Gasteiger partial charge in [0.2, 0.25) is 11.6 Å². The Morgan fingerprint density at radius 2 is 1.86 bits per heavy atom. The first-order chi connectivity index (χ1) is 10.4. The maximum Gasteiger partial charge on any atom is 0.248 e. The Kier molecular flexibility index (Phi) is 8.63. The van der Waals surface area contributed by atoms with E-state index in [0.29, 0.717) is 5.02 Å². The SMILES string of the molecule is COP(=S)(OC)SCC(=O)NNC(=S)Nc1ccc(Cl)cc1. The van der Waals surface area contributed by atoms with Crippen LogP contribution in [0.15, 0.2) is 24.3 Å². The molecule has 6 nitrogen and oxygen atoms in total. The monoisotopic (exact) mass is 399 g/mol. The fraction of sp³-hybridized carbons (Fsp3) is 0.273. The molecule has 122 valence electrons. The van der Waals surface area contributed by atoms with Gasteiger partial charge in [-0.05, 0) is 48.3 Å². The predicted molar refractivity (Wildman–Crippen MR) is 99.7 cm³/mol. The zero-order valence-electron chi connectivity index (χ0n) is 11.8. The van der Waals surface area contributed by atoms with E-state index >= 15 is 0 Å². The number of carbonyl (C=O) groups excluding carboxylic acids is 1. The highest BCUT2D eigenvalue weighted by Crippen LogP contribution is 2.59. The van der Waals surface area contributed by atoms with Crippen molar-refractivity contribution in [3.8, 4) is 0 Å². The van der Waals surface area contributed by atoms with Gasteiger partial charge in [0.15, 0.2) is 5.11 Å². The number of hydrogen-bond donors (Lipinski definition) is 3. The Hall–Kier alpha value is -0.410. The van der Waals surface area contributed by atoms with E-state index in [-0.39, 0.29) is 16.8 Å². The van der Waals surface area contributed by atoms with Crippen LogP contribution in [-0.2, 0) is 25.6 Å². The van der Waals surface area contributed by atoms with Crippen LogP contribution >= 0.6 is 40.9 Å². The summed E-state index contributed by atoms with van der Waals surface area (Å²) in [5.41, 5.74) is 3.35. The minimum atomic E-state index is -2.44. The van der Waals surface area contributed by atoms with Crippen LogP contribution < -0.4 is 16.2 Å². The second kappa shape index (κ2) is 9.67. The third kappa shape index (κ3) is 7.23. The molecule has 1 amide bonds. The van der Waals surface area contributed by atoms with Crippen molar-refractivity contribution in [2.24, 2.45) is 0 Å². The lowest BCUT2D eigenvalue weighted by molar-refractivity contribution is -0.119. The summed E-state index contributed by atoms with van der Waals surface area (Å²) in [6.45, 7) is 0. The Labute approximate surface area is 148 Å². The van der Waals surface area contributed by atoms with Crippen molar-refractivity contribution in [3.63, 3.8) is 0 Å². The largest absolute Gasteiger partial charge is 0.331 e. The molecule has 0 spiro atoms. The highest BCUT2D eigenvalue weighted by atomic mass is 35.5. The number of amides is 1. The Morgan fingerprint density at radius 3 is 2.41 bits per heavy atom. The Balaban J connectivity index is 2.33. The van der Waals surface area contributed by atoms with E-state index in [4.69, 9.17) is 44.7 Å². The van der Waals surface area contributed by atoms with Crippen LogP contribution in [0.25, 0.3) is 0 Å². The Bertz CT molecular complexity index is 565. The molecule has 0 saturated carbocycles. The van der Waals surface area contributed by atoms with Crippen molar-refractivity contribution in [1.82, 2.24) is 10.9 Å². The van der Waals surface area contributed by atoms with E-state index in [1.54, 1.807) is 24.3 Å². The number of hydrazine groups is 1. The molecule has 0 aromatic heterocycles. The zero-order valence-corrected chi connectivity index (χ0v) is 15.9. The molecule has 0 heterocycles. The van der Waals surface area contributed by atoms with Crippen LogP contribution in [0.3, 0.4) is 0 Å². The van der Waals surface area contributed by atoms with Gasteiger partial charge in [0.05, 0.1) is 5.75 Å². The summed E-state index contributed by atoms with van der Waals surface area (Å²) < 4.78 is 10.1. The number of halogens is 1. The van der Waals surface area contributed by atoms with Crippen molar-refractivity contribution in [2.45, 2.75) is 0 Å². The molecule has 0 aliphatic heterocycles. The molecule has 11 heteroatoms. The van der Waals surface area contributed by atoms with E-state index in [0.717, 1.165) is 17.1 Å². The zero-order chi connectivity index (χ0) is 16.6. The summed E-state index contributed by atoms with van der Waals surface area (Å²) in [6, 6.07) is 6.98. The van der Waals surface area contributed by atoms with Gasteiger partial charge in [-0.15, -0.1) is 0 Å². The quantitative estimate of drug-likeness (QED) is 0.383. The summed E-state index contributed by atoms with van der Waals surface area (Å²) in [5, 5.41) is 3.77. The number of rotatable bonds is 6. The maximum absolute atomic E-state index is 11.7. The van der Waals surface area contributed by atoms with Crippen LogP contribution in [0.4, 0.5) is 5.69 Å². The highest BCUT2D eigenvalue weighted by Gasteiger charge is 2.18. The van der Waals surface area contributed by atoms with Crippen molar-refractivity contribution in [1.29, 1.82) is 0 Å². The highest BCUT2D eigenvalue weighted by molar-refractivity contribution is 8.68. The molecule has 1 rings (SSSR count). The second-order valence-corrected chi connectivity index (χ2v) is 11.1. The topological polar surface area (TPSA) is 71.6 Å². The molecule has 1 aromatic rings. The third-order valence-electron chi connectivity index (χ3n) is 2.22. The van der Waals surface area contributed by atoms with Crippen molar-refractivity contribution >= 4 is 69.4 Å². The van der Waals surface area contributed by atoms with Gasteiger partial charge in [-0.1, -0.05) is 23.0 Å². The average Bonchev–Trinajstić information content (AvgIpc) is 2.53. The summed E-state index contributed by atoms with van der Waals surface area (Å²) in [6.07, 6.45) is 0. The van der Waals surface area contributed by atoms with E-state index in [1.807, 2.05) is 0 Å². The minimum absolute atomic E-state index is 0.0928. The number of carbonyl (C=O) groups is 1. The van der Waals surface area contributed by atoms with Gasteiger partial charge in [-0.25, -0.2) is 0 Å². The number of nitrogens with one attached hydrogen (secondary N) is 3. The van der Waals surface area contributed by atoms with Gasteiger partial charge in [-0.2, -0.15) is 0 Å². The van der Waals surface area contributed by atoms with Crippen LogP contribution in [0.1, 0.15) is 0 Å². The first-order valence-electron chi connectivity index (χ1n) is 5.86. The van der Waals surface area contributed by atoms with Gasteiger partial charge in [0, 0.05) is 24.9 Å². The molecule has 1 aromatic carbocycles. The number of thiocarbonyl (C=S) groups is 1. The number of hydrogen-bond acceptors (Lipinski definition) is 6. The predicted octanol–water partition coefficient (Wildman–Crippen LogP) is 2.91. The van der Waals surface area contributed by atoms with E-state index in [1.165, 1.54) is 14.2 Å². The van der Waals surface area contributed by atoms with E-state index in [9.17, 15) is 4.79 Å². The first kappa shape index (κ1) is 19.6. The van der Waals surface area contributed by atoms with Gasteiger partial charge < -0.3 is 14.4 Å². The lowest BCUT2D eigenvalue weighted by atomic mass is 10.3.